The van der Waals surface area contributed by atoms with Crippen molar-refractivity contribution >= 4 is 23.5 Å². The lowest BCUT2D eigenvalue weighted by atomic mass is 9.98. The van der Waals surface area contributed by atoms with Crippen LogP contribution in [-0.4, -0.2) is 67.5 Å². The maximum absolute atomic E-state index is 12.0. The van der Waals surface area contributed by atoms with Crippen molar-refractivity contribution in [1.29, 1.82) is 0 Å². The van der Waals surface area contributed by atoms with Crippen LogP contribution in [0.25, 0.3) is 11.6 Å². The summed E-state index contributed by atoms with van der Waals surface area (Å²) in [6.07, 6.45) is 5.58. The number of piperazine rings is 1. The van der Waals surface area contributed by atoms with E-state index in [1.165, 1.54) is 11.6 Å². The Labute approximate surface area is 224 Å². The highest BCUT2D eigenvalue weighted by Crippen LogP contribution is 2.28. The molecule has 2 heterocycles. The average Bonchev–Trinajstić information content (AvgIpc) is 3.30. The van der Waals surface area contributed by atoms with E-state index >= 15 is 0 Å². The summed E-state index contributed by atoms with van der Waals surface area (Å²) in [6.45, 7) is 6.63. The van der Waals surface area contributed by atoms with E-state index in [9.17, 15) is 9.59 Å². The van der Waals surface area contributed by atoms with Gasteiger partial charge in [0.25, 0.3) is 11.8 Å². The van der Waals surface area contributed by atoms with Gasteiger partial charge in [-0.15, -0.1) is 0 Å². The van der Waals surface area contributed by atoms with E-state index in [0.717, 1.165) is 56.0 Å². The van der Waals surface area contributed by atoms with Gasteiger partial charge in [-0.1, -0.05) is 97.1 Å². The van der Waals surface area contributed by atoms with Gasteiger partial charge in [-0.3, -0.25) is 24.7 Å². The summed E-state index contributed by atoms with van der Waals surface area (Å²) in [4.78, 5) is 28.5. The molecule has 3 aromatic carbocycles. The van der Waals surface area contributed by atoms with Gasteiger partial charge >= 0.3 is 0 Å². The number of nitrogens with one attached hydrogen (secondary N) is 1. The molecule has 5 rings (SSSR count). The first-order valence-electron chi connectivity index (χ1n) is 13.2. The fourth-order valence-corrected chi connectivity index (χ4v) is 4.87. The van der Waals surface area contributed by atoms with Gasteiger partial charge in [-0.25, -0.2) is 0 Å². The Balaban J connectivity index is 1.14. The number of hydrogen-bond acceptors (Lipinski definition) is 5. The van der Waals surface area contributed by atoms with E-state index in [1.807, 2.05) is 48.5 Å². The summed E-state index contributed by atoms with van der Waals surface area (Å²) in [5.41, 5.74) is 4.46. The van der Waals surface area contributed by atoms with Crippen LogP contribution in [0.15, 0.2) is 97.1 Å². The quantitative estimate of drug-likeness (QED) is 0.418. The lowest BCUT2D eigenvalue weighted by Gasteiger charge is -2.34. The van der Waals surface area contributed by atoms with Crippen molar-refractivity contribution in [2.45, 2.75) is 6.10 Å². The third-order valence-electron chi connectivity index (χ3n) is 7.01. The van der Waals surface area contributed by atoms with Crippen molar-refractivity contribution in [3.8, 4) is 0 Å². The largest absolute Gasteiger partial charge is 0.367 e. The summed E-state index contributed by atoms with van der Waals surface area (Å²) >= 11 is 0. The van der Waals surface area contributed by atoms with Gasteiger partial charge < -0.3 is 4.74 Å². The Morgan fingerprint density at radius 3 is 2.08 bits per heavy atom. The van der Waals surface area contributed by atoms with Crippen molar-refractivity contribution < 1.29 is 14.3 Å². The third-order valence-corrected chi connectivity index (χ3v) is 7.01. The minimum absolute atomic E-state index is 0.206. The van der Waals surface area contributed by atoms with Crippen molar-refractivity contribution in [2.75, 3.05) is 45.9 Å². The lowest BCUT2D eigenvalue weighted by Crippen LogP contribution is -2.47. The Bertz CT molecular complexity index is 1280. The lowest BCUT2D eigenvalue weighted by molar-refractivity contribution is -0.123. The third kappa shape index (κ3) is 6.72. The number of nitrogens with zero attached hydrogens (tertiary/aromatic N) is 2. The van der Waals surface area contributed by atoms with Crippen LogP contribution in [0.3, 0.4) is 0 Å². The molecule has 0 spiro atoms. The first-order chi connectivity index (χ1) is 18.7. The van der Waals surface area contributed by atoms with Gasteiger partial charge in [-0.2, -0.15) is 0 Å². The van der Waals surface area contributed by atoms with Crippen LogP contribution in [0.5, 0.6) is 0 Å². The van der Waals surface area contributed by atoms with Crippen LogP contribution in [0.1, 0.15) is 28.4 Å². The smallest absolute Gasteiger partial charge is 0.258 e. The fraction of sp³-hybridized carbons (Fsp3) is 0.250. The van der Waals surface area contributed by atoms with Crippen LogP contribution in [0.4, 0.5) is 0 Å². The van der Waals surface area contributed by atoms with Crippen LogP contribution < -0.4 is 5.32 Å². The van der Waals surface area contributed by atoms with Gasteiger partial charge in [0.2, 0.25) is 0 Å². The van der Waals surface area contributed by atoms with Crippen molar-refractivity contribution in [3.63, 3.8) is 0 Å². The number of imide groups is 1. The van der Waals surface area contributed by atoms with Crippen LogP contribution in [-0.2, 0) is 14.3 Å². The molecule has 0 bridgehead atoms. The standard InChI is InChI=1S/C32H33N3O3/c36-30-24-29(32(37)33-30)26-13-15-28(16-14-26)31(27-11-5-2-6-12-27)38-23-22-35-20-18-34(19-21-35)17-7-10-25-8-3-1-4-9-25/h1-16,24,31H,17-23H2,(H,33,36,37)/b10-7+. The van der Waals surface area contributed by atoms with Crippen molar-refractivity contribution in [1.82, 2.24) is 15.1 Å². The average molecular weight is 508 g/mol. The number of benzene rings is 3. The molecule has 0 saturated carbocycles. The molecule has 0 aliphatic carbocycles. The molecule has 2 amide bonds. The van der Waals surface area contributed by atoms with E-state index in [4.69, 9.17) is 4.74 Å². The highest BCUT2D eigenvalue weighted by atomic mass is 16.5. The molecule has 2 aliphatic rings. The Kier molecular flexibility index (Phi) is 8.56. The molecule has 1 fully saturated rings. The second-order valence-corrected chi connectivity index (χ2v) is 9.62. The minimum atomic E-state index is -0.371. The molecule has 1 saturated heterocycles. The summed E-state index contributed by atoms with van der Waals surface area (Å²) in [5.74, 6) is -0.727. The molecular formula is C32H33N3O3. The Morgan fingerprint density at radius 2 is 1.42 bits per heavy atom. The highest BCUT2D eigenvalue weighted by molar-refractivity contribution is 6.33. The minimum Gasteiger partial charge on any atom is -0.367 e. The summed E-state index contributed by atoms with van der Waals surface area (Å²) in [5, 5.41) is 2.30. The normalized spacial score (nSPS) is 17.5. The molecule has 0 radical (unpaired) electrons. The molecule has 194 valence electrons. The molecule has 1 atom stereocenters. The maximum Gasteiger partial charge on any atom is 0.258 e. The summed E-state index contributed by atoms with van der Waals surface area (Å²) in [6, 6.07) is 28.3. The topological polar surface area (TPSA) is 61.9 Å². The zero-order valence-electron chi connectivity index (χ0n) is 21.5. The molecule has 2 aliphatic heterocycles. The predicted molar refractivity (Wildman–Crippen MR) is 150 cm³/mol. The second-order valence-electron chi connectivity index (χ2n) is 9.62. The van der Waals surface area contributed by atoms with Gasteiger partial charge in [0.1, 0.15) is 6.10 Å². The van der Waals surface area contributed by atoms with E-state index in [1.54, 1.807) is 0 Å². The van der Waals surface area contributed by atoms with Gasteiger partial charge in [0.05, 0.1) is 12.2 Å². The monoisotopic (exact) mass is 507 g/mol. The summed E-state index contributed by atoms with van der Waals surface area (Å²) in [7, 11) is 0. The van der Waals surface area contributed by atoms with E-state index in [2.05, 4.69) is 63.7 Å². The Hall–Kier alpha value is -3.84. The van der Waals surface area contributed by atoms with E-state index < -0.39 is 0 Å². The van der Waals surface area contributed by atoms with Gasteiger partial charge in [-0.05, 0) is 22.3 Å². The second kappa shape index (κ2) is 12.6. The number of hydrogen-bond donors (Lipinski definition) is 1. The van der Waals surface area contributed by atoms with Crippen molar-refractivity contribution in [3.05, 3.63) is 119 Å². The summed E-state index contributed by atoms with van der Waals surface area (Å²) < 4.78 is 6.45. The Morgan fingerprint density at radius 1 is 0.789 bits per heavy atom. The maximum atomic E-state index is 12.0. The van der Waals surface area contributed by atoms with E-state index in [0.29, 0.717) is 12.2 Å². The number of amides is 2. The first-order valence-corrected chi connectivity index (χ1v) is 13.2. The van der Waals surface area contributed by atoms with Gasteiger partial charge in [0.15, 0.2) is 0 Å². The molecule has 6 nitrogen and oxygen atoms in total. The van der Waals surface area contributed by atoms with Crippen molar-refractivity contribution in [2.24, 2.45) is 0 Å². The predicted octanol–water partition coefficient (Wildman–Crippen LogP) is 4.16. The molecule has 6 heteroatoms. The number of carbonyl (C=O) groups is 2. The number of carbonyl (C=O) groups excluding carboxylic acids is 2. The molecule has 1 unspecified atom stereocenters. The zero-order chi connectivity index (χ0) is 26.2. The van der Waals surface area contributed by atoms with Crippen LogP contribution in [0, 0.1) is 0 Å². The van der Waals surface area contributed by atoms with Gasteiger partial charge in [0, 0.05) is 45.3 Å². The van der Waals surface area contributed by atoms with Crippen LogP contribution in [0.2, 0.25) is 0 Å². The molecule has 38 heavy (non-hydrogen) atoms. The van der Waals surface area contributed by atoms with E-state index in [-0.39, 0.29) is 17.9 Å². The highest BCUT2D eigenvalue weighted by Gasteiger charge is 2.23. The molecule has 0 aromatic heterocycles. The van der Waals surface area contributed by atoms with Crippen LogP contribution >= 0.6 is 0 Å². The number of ether oxygens (including phenoxy) is 1. The molecule has 3 aromatic rings. The zero-order valence-corrected chi connectivity index (χ0v) is 21.5. The number of rotatable bonds is 10. The first kappa shape index (κ1) is 25.8. The molecular weight excluding hydrogens is 474 g/mol. The fourth-order valence-electron chi connectivity index (χ4n) is 4.87. The molecule has 1 N–H and O–H groups in total. The SMILES string of the molecule is O=C1C=C(c2ccc(C(OCCN3CCN(C/C=C/c4ccccc4)CC3)c3ccccc3)cc2)C(=O)N1.